The number of unbranched alkanes of at least 4 members (excludes halogenated alkanes) is 4. The lowest BCUT2D eigenvalue weighted by Gasteiger charge is -2.30. The minimum absolute atomic E-state index is 0.947. The van der Waals surface area contributed by atoms with Gasteiger partial charge in [0.05, 0.1) is 0 Å². The summed E-state index contributed by atoms with van der Waals surface area (Å²) in [7, 11) is 0. The van der Waals surface area contributed by atoms with Crippen molar-refractivity contribution in [3.8, 4) is 0 Å². The van der Waals surface area contributed by atoms with E-state index in [2.05, 4.69) is 18.7 Å². The molecule has 2 aliphatic heterocycles. The van der Waals surface area contributed by atoms with E-state index < -0.39 is 0 Å². The number of rotatable bonds is 8. The molecule has 0 aromatic carbocycles. The van der Waals surface area contributed by atoms with Gasteiger partial charge in [-0.3, -0.25) is 4.90 Å². The third kappa shape index (κ3) is 3.50. The molecule has 0 aromatic heterocycles. The summed E-state index contributed by atoms with van der Waals surface area (Å²) in [6.45, 7) is 4.66. The van der Waals surface area contributed by atoms with Crippen LogP contribution in [0.4, 0.5) is 0 Å². The first-order valence-electron chi connectivity index (χ1n) is 8.64. The minimum atomic E-state index is 0.947. The predicted octanol–water partition coefficient (Wildman–Crippen LogP) is 5.14. The van der Waals surface area contributed by atoms with Crippen LogP contribution in [0.25, 0.3) is 0 Å². The van der Waals surface area contributed by atoms with Crippen LogP contribution in [0.3, 0.4) is 0 Å². The minimum Gasteiger partial charge on any atom is -0.294 e. The van der Waals surface area contributed by atoms with Gasteiger partial charge in [0.25, 0.3) is 0 Å². The molecule has 0 aromatic rings. The Morgan fingerprint density at radius 3 is 2.06 bits per heavy atom. The van der Waals surface area contributed by atoms with Crippen molar-refractivity contribution in [3.05, 3.63) is 0 Å². The maximum absolute atomic E-state index is 2.95. The SMILES string of the molecule is CCCCCCC[C@@H]1CC[C@@H]2CC[C@@H](CCC)N21. The molecule has 0 spiro atoms. The van der Waals surface area contributed by atoms with E-state index >= 15 is 0 Å². The van der Waals surface area contributed by atoms with Crippen LogP contribution in [0.2, 0.25) is 0 Å². The van der Waals surface area contributed by atoms with Gasteiger partial charge in [0.15, 0.2) is 0 Å². The summed E-state index contributed by atoms with van der Waals surface area (Å²) in [5, 5.41) is 0. The molecule has 18 heavy (non-hydrogen) atoms. The summed E-state index contributed by atoms with van der Waals surface area (Å²) in [6.07, 6.45) is 17.5. The highest BCUT2D eigenvalue weighted by Gasteiger charge is 2.41. The van der Waals surface area contributed by atoms with E-state index in [0.717, 1.165) is 18.1 Å². The number of fused-ring (bicyclic) bond motifs is 1. The number of nitrogens with zero attached hydrogens (tertiary/aromatic N) is 1. The van der Waals surface area contributed by atoms with Gasteiger partial charge < -0.3 is 0 Å². The van der Waals surface area contributed by atoms with Crippen molar-refractivity contribution in [2.24, 2.45) is 0 Å². The van der Waals surface area contributed by atoms with Crippen LogP contribution in [0.15, 0.2) is 0 Å². The smallest absolute Gasteiger partial charge is 0.0102 e. The molecule has 0 N–H and O–H groups in total. The fourth-order valence-electron chi connectivity index (χ4n) is 4.31. The molecular formula is C17H33N. The van der Waals surface area contributed by atoms with Gasteiger partial charge in [-0.05, 0) is 38.5 Å². The van der Waals surface area contributed by atoms with Gasteiger partial charge in [0.1, 0.15) is 0 Å². The molecule has 0 bridgehead atoms. The average Bonchev–Trinajstić information content (AvgIpc) is 2.94. The van der Waals surface area contributed by atoms with E-state index in [9.17, 15) is 0 Å². The van der Waals surface area contributed by atoms with Gasteiger partial charge in [-0.25, -0.2) is 0 Å². The molecule has 0 radical (unpaired) electrons. The molecule has 3 atom stereocenters. The van der Waals surface area contributed by atoms with Crippen molar-refractivity contribution in [1.29, 1.82) is 0 Å². The maximum atomic E-state index is 2.95. The van der Waals surface area contributed by atoms with Crippen molar-refractivity contribution in [2.75, 3.05) is 0 Å². The number of hydrogen-bond acceptors (Lipinski definition) is 1. The second-order valence-electron chi connectivity index (χ2n) is 6.55. The van der Waals surface area contributed by atoms with Gasteiger partial charge in [0.2, 0.25) is 0 Å². The molecule has 0 aliphatic carbocycles. The summed E-state index contributed by atoms with van der Waals surface area (Å²) in [6, 6.07) is 2.88. The van der Waals surface area contributed by atoms with Gasteiger partial charge in [-0.1, -0.05) is 52.4 Å². The van der Waals surface area contributed by atoms with E-state index in [4.69, 9.17) is 0 Å². The van der Waals surface area contributed by atoms with Crippen molar-refractivity contribution in [3.63, 3.8) is 0 Å². The lowest BCUT2D eigenvalue weighted by atomic mass is 10.0. The Morgan fingerprint density at radius 2 is 1.39 bits per heavy atom. The van der Waals surface area contributed by atoms with Gasteiger partial charge >= 0.3 is 0 Å². The first-order valence-corrected chi connectivity index (χ1v) is 8.64. The zero-order valence-electron chi connectivity index (χ0n) is 12.7. The van der Waals surface area contributed by atoms with Crippen molar-refractivity contribution >= 4 is 0 Å². The molecule has 2 heterocycles. The Bertz CT molecular complexity index is 224. The van der Waals surface area contributed by atoms with Crippen molar-refractivity contribution < 1.29 is 0 Å². The Labute approximate surface area is 114 Å². The molecule has 1 heteroatoms. The molecule has 0 unspecified atom stereocenters. The predicted molar refractivity (Wildman–Crippen MR) is 80.0 cm³/mol. The average molecular weight is 251 g/mol. The van der Waals surface area contributed by atoms with Gasteiger partial charge in [0, 0.05) is 18.1 Å². The molecule has 2 saturated heterocycles. The Balaban J connectivity index is 1.71. The highest BCUT2D eigenvalue weighted by Crippen LogP contribution is 2.39. The van der Waals surface area contributed by atoms with E-state index in [1.807, 2.05) is 0 Å². The first kappa shape index (κ1) is 14.4. The van der Waals surface area contributed by atoms with Crippen LogP contribution >= 0.6 is 0 Å². The summed E-state index contributed by atoms with van der Waals surface area (Å²) in [5.74, 6) is 0. The molecule has 2 aliphatic rings. The molecule has 106 valence electrons. The Morgan fingerprint density at radius 1 is 0.722 bits per heavy atom. The quantitative estimate of drug-likeness (QED) is 0.540. The fraction of sp³-hybridized carbons (Fsp3) is 1.00. The third-order valence-electron chi connectivity index (χ3n) is 5.19. The van der Waals surface area contributed by atoms with E-state index in [-0.39, 0.29) is 0 Å². The first-order chi connectivity index (χ1) is 8.86. The monoisotopic (exact) mass is 251 g/mol. The summed E-state index contributed by atoms with van der Waals surface area (Å²) in [4.78, 5) is 2.95. The van der Waals surface area contributed by atoms with Crippen LogP contribution in [0, 0.1) is 0 Å². The lowest BCUT2D eigenvalue weighted by molar-refractivity contribution is 0.163. The van der Waals surface area contributed by atoms with Crippen LogP contribution in [-0.2, 0) is 0 Å². The molecule has 2 rings (SSSR count). The highest BCUT2D eigenvalue weighted by molar-refractivity contribution is 4.96. The standard InChI is InChI=1S/C17H33N/c1-3-5-6-7-8-10-16-12-14-17-13-11-15(9-4-2)18(16)17/h15-17H,3-14H2,1-2H3/t15-,16-,17+/m1/s1. The number of hydrogen-bond donors (Lipinski definition) is 0. The van der Waals surface area contributed by atoms with Crippen LogP contribution in [-0.4, -0.2) is 23.0 Å². The van der Waals surface area contributed by atoms with Crippen LogP contribution in [0.5, 0.6) is 0 Å². The fourth-order valence-corrected chi connectivity index (χ4v) is 4.31. The molecule has 0 amide bonds. The van der Waals surface area contributed by atoms with E-state index in [1.165, 1.54) is 77.0 Å². The van der Waals surface area contributed by atoms with E-state index in [0.29, 0.717) is 0 Å². The second kappa shape index (κ2) is 7.53. The molecule has 1 nitrogen and oxygen atoms in total. The lowest BCUT2D eigenvalue weighted by Crippen LogP contribution is -2.38. The van der Waals surface area contributed by atoms with Crippen LogP contribution < -0.4 is 0 Å². The zero-order valence-corrected chi connectivity index (χ0v) is 12.7. The van der Waals surface area contributed by atoms with Gasteiger partial charge in [-0.15, -0.1) is 0 Å². The highest BCUT2D eigenvalue weighted by atomic mass is 15.3. The van der Waals surface area contributed by atoms with Crippen LogP contribution in [0.1, 0.15) is 90.9 Å². The molecule has 0 saturated carbocycles. The Hall–Kier alpha value is -0.0400. The largest absolute Gasteiger partial charge is 0.294 e. The molecule has 2 fully saturated rings. The molecular weight excluding hydrogens is 218 g/mol. The summed E-state index contributed by atoms with van der Waals surface area (Å²) >= 11 is 0. The van der Waals surface area contributed by atoms with E-state index in [1.54, 1.807) is 0 Å². The second-order valence-corrected chi connectivity index (χ2v) is 6.55. The normalized spacial score (nSPS) is 32.0. The van der Waals surface area contributed by atoms with Crippen molar-refractivity contribution in [2.45, 2.75) is 109 Å². The van der Waals surface area contributed by atoms with Crippen molar-refractivity contribution in [1.82, 2.24) is 4.90 Å². The zero-order chi connectivity index (χ0) is 12.8. The summed E-state index contributed by atoms with van der Waals surface area (Å²) in [5.41, 5.74) is 0. The summed E-state index contributed by atoms with van der Waals surface area (Å²) < 4.78 is 0. The Kier molecular flexibility index (Phi) is 6.01. The topological polar surface area (TPSA) is 3.24 Å². The maximum Gasteiger partial charge on any atom is 0.0102 e. The third-order valence-corrected chi connectivity index (χ3v) is 5.19. The van der Waals surface area contributed by atoms with Gasteiger partial charge in [-0.2, -0.15) is 0 Å².